The van der Waals surface area contributed by atoms with Gasteiger partial charge in [0.25, 0.3) is 0 Å². The maximum absolute atomic E-state index is 12.7. The lowest BCUT2D eigenvalue weighted by atomic mass is 10.2. The number of carbonyl (C=O) groups excluding carboxylic acids is 1. The molecule has 2 aromatic carbocycles. The van der Waals surface area contributed by atoms with Crippen LogP contribution in [0.25, 0.3) is 16.7 Å². The number of benzene rings is 2. The summed E-state index contributed by atoms with van der Waals surface area (Å²) in [6.07, 6.45) is 1.54. The zero-order valence-electron chi connectivity index (χ0n) is 18.0. The summed E-state index contributed by atoms with van der Waals surface area (Å²) in [5.74, 6) is 0.118. The molecule has 164 valence electrons. The van der Waals surface area contributed by atoms with Gasteiger partial charge in [-0.3, -0.25) is 9.69 Å². The van der Waals surface area contributed by atoms with Crippen molar-refractivity contribution >= 4 is 34.2 Å². The minimum absolute atomic E-state index is 0.126. The second kappa shape index (κ2) is 8.94. The summed E-state index contributed by atoms with van der Waals surface area (Å²) in [5.41, 5.74) is 3.08. The van der Waals surface area contributed by atoms with Gasteiger partial charge >= 0.3 is 0 Å². The molecule has 4 aromatic rings. The Bertz CT molecular complexity index is 1290. The smallest absolute Gasteiger partial charge is 0.240 e. The fraction of sp³-hybridized carbons (Fsp3) is 0.217. The number of aromatic nitrogens is 4. The van der Waals surface area contributed by atoms with Crippen LogP contribution in [-0.4, -0.2) is 56.3 Å². The molecule has 2 heterocycles. The number of halogens is 1. The number of fused-ring (bicyclic) bond motifs is 1. The second-order valence-electron chi connectivity index (χ2n) is 7.67. The van der Waals surface area contributed by atoms with Crippen LogP contribution in [0.15, 0.2) is 54.7 Å². The Kier molecular flexibility index (Phi) is 6.07. The van der Waals surface area contributed by atoms with Crippen molar-refractivity contribution in [3.05, 3.63) is 71.1 Å². The Morgan fingerprint density at radius 3 is 2.66 bits per heavy atom. The fourth-order valence-corrected chi connectivity index (χ4v) is 3.71. The van der Waals surface area contributed by atoms with Crippen LogP contribution in [-0.2, 0) is 11.3 Å². The van der Waals surface area contributed by atoms with E-state index in [4.69, 9.17) is 11.6 Å². The van der Waals surface area contributed by atoms with E-state index in [1.807, 2.05) is 43.3 Å². The molecule has 0 aliphatic rings. The molecule has 0 unspecified atom stereocenters. The van der Waals surface area contributed by atoms with E-state index in [2.05, 4.69) is 15.1 Å². The summed E-state index contributed by atoms with van der Waals surface area (Å²) in [4.78, 5) is 24.8. The lowest BCUT2D eigenvalue weighted by molar-refractivity contribution is -0.119. The number of aryl methyl sites for hydroxylation is 1. The van der Waals surface area contributed by atoms with E-state index in [9.17, 15) is 9.90 Å². The quantitative estimate of drug-likeness (QED) is 0.483. The minimum Gasteiger partial charge on any atom is -0.493 e. The van der Waals surface area contributed by atoms with E-state index in [1.54, 1.807) is 42.0 Å². The van der Waals surface area contributed by atoms with Gasteiger partial charge in [0.15, 0.2) is 5.65 Å². The van der Waals surface area contributed by atoms with Crippen molar-refractivity contribution in [3.8, 4) is 11.6 Å². The van der Waals surface area contributed by atoms with Crippen molar-refractivity contribution in [2.45, 2.75) is 13.5 Å². The van der Waals surface area contributed by atoms with Crippen LogP contribution < -0.4 is 4.90 Å². The average Bonchev–Trinajstić information content (AvgIpc) is 3.18. The standard InChI is InChI=1S/C23H23ClN6O2/c1-15-7-6-8-16(11-15)30-22-17(12-25-30)23(32)27-20(26-22)13-28(2)14-21(31)29(3)19-10-5-4-9-18(19)24/h4-12H,13-14H2,1-3H3,(H,26,27,32). The molecular weight excluding hydrogens is 428 g/mol. The molecule has 0 atom stereocenters. The van der Waals surface area contributed by atoms with E-state index >= 15 is 0 Å². The molecule has 8 nitrogen and oxygen atoms in total. The third-order valence-corrected chi connectivity index (χ3v) is 5.42. The molecule has 0 aliphatic carbocycles. The molecule has 4 rings (SSSR count). The third kappa shape index (κ3) is 4.42. The molecule has 0 spiro atoms. The lowest BCUT2D eigenvalue weighted by Crippen LogP contribution is -2.36. The molecule has 0 saturated carbocycles. The SMILES string of the molecule is Cc1cccc(-n2ncc3c(O)nc(CN(C)CC(=O)N(C)c4ccccc4Cl)nc32)c1. The van der Waals surface area contributed by atoms with Crippen LogP contribution in [0.2, 0.25) is 5.02 Å². The van der Waals surface area contributed by atoms with Gasteiger partial charge in [-0.05, 0) is 43.8 Å². The third-order valence-electron chi connectivity index (χ3n) is 5.11. The Morgan fingerprint density at radius 1 is 1.12 bits per heavy atom. The zero-order chi connectivity index (χ0) is 22.8. The highest BCUT2D eigenvalue weighted by molar-refractivity contribution is 6.33. The first-order valence-electron chi connectivity index (χ1n) is 10.0. The van der Waals surface area contributed by atoms with E-state index in [-0.39, 0.29) is 24.9 Å². The summed E-state index contributed by atoms with van der Waals surface area (Å²) < 4.78 is 1.67. The van der Waals surface area contributed by atoms with Crippen LogP contribution in [0.4, 0.5) is 5.69 Å². The summed E-state index contributed by atoms with van der Waals surface area (Å²) in [5, 5.41) is 15.8. The average molecular weight is 451 g/mol. The van der Waals surface area contributed by atoms with Gasteiger partial charge in [0.2, 0.25) is 11.8 Å². The molecule has 0 radical (unpaired) electrons. The lowest BCUT2D eigenvalue weighted by Gasteiger charge is -2.22. The highest BCUT2D eigenvalue weighted by Gasteiger charge is 2.18. The highest BCUT2D eigenvalue weighted by Crippen LogP contribution is 2.25. The van der Waals surface area contributed by atoms with Gasteiger partial charge in [0.05, 0.1) is 35.7 Å². The fourth-order valence-electron chi connectivity index (χ4n) is 3.45. The number of hydrogen-bond donors (Lipinski definition) is 1. The van der Waals surface area contributed by atoms with Crippen molar-refractivity contribution in [1.82, 2.24) is 24.6 Å². The molecule has 0 fully saturated rings. The number of para-hydroxylation sites is 1. The highest BCUT2D eigenvalue weighted by atomic mass is 35.5. The van der Waals surface area contributed by atoms with Gasteiger partial charge in [-0.15, -0.1) is 0 Å². The number of anilines is 1. The molecule has 0 aliphatic heterocycles. The second-order valence-corrected chi connectivity index (χ2v) is 8.08. The molecule has 0 bridgehead atoms. The van der Waals surface area contributed by atoms with E-state index in [0.29, 0.717) is 27.6 Å². The van der Waals surface area contributed by atoms with Gasteiger partial charge in [0.1, 0.15) is 11.2 Å². The van der Waals surface area contributed by atoms with Crippen molar-refractivity contribution < 1.29 is 9.90 Å². The topological polar surface area (TPSA) is 87.4 Å². The maximum Gasteiger partial charge on any atom is 0.240 e. The monoisotopic (exact) mass is 450 g/mol. The Balaban J connectivity index is 1.54. The number of likely N-dealkylation sites (N-methyl/N-ethyl adjacent to an activating group) is 2. The summed E-state index contributed by atoms with van der Waals surface area (Å²) >= 11 is 6.20. The Hall–Kier alpha value is -3.49. The van der Waals surface area contributed by atoms with E-state index in [0.717, 1.165) is 11.3 Å². The predicted molar refractivity (Wildman–Crippen MR) is 124 cm³/mol. The summed E-state index contributed by atoms with van der Waals surface area (Å²) in [6, 6.07) is 15.0. The number of rotatable bonds is 6. The van der Waals surface area contributed by atoms with E-state index in [1.165, 1.54) is 4.90 Å². The van der Waals surface area contributed by atoms with Crippen LogP contribution >= 0.6 is 11.6 Å². The Morgan fingerprint density at radius 2 is 1.91 bits per heavy atom. The molecule has 2 aromatic heterocycles. The molecule has 9 heteroatoms. The largest absolute Gasteiger partial charge is 0.493 e. The minimum atomic E-state index is -0.142. The number of aromatic hydroxyl groups is 1. The first kappa shape index (κ1) is 21.7. The zero-order valence-corrected chi connectivity index (χ0v) is 18.8. The predicted octanol–water partition coefficient (Wildman–Crippen LogP) is 3.58. The normalized spacial score (nSPS) is 11.3. The molecule has 1 amide bonds. The molecule has 0 saturated heterocycles. The number of amides is 1. The molecular formula is C23H23ClN6O2. The van der Waals surface area contributed by atoms with Gasteiger partial charge < -0.3 is 10.0 Å². The van der Waals surface area contributed by atoms with Crippen LogP contribution in [0, 0.1) is 6.92 Å². The van der Waals surface area contributed by atoms with E-state index < -0.39 is 0 Å². The first-order valence-corrected chi connectivity index (χ1v) is 10.4. The molecule has 1 N–H and O–H groups in total. The van der Waals surface area contributed by atoms with Gasteiger partial charge in [-0.25, -0.2) is 9.67 Å². The van der Waals surface area contributed by atoms with Gasteiger partial charge in [-0.2, -0.15) is 10.1 Å². The first-order chi connectivity index (χ1) is 15.3. The van der Waals surface area contributed by atoms with Gasteiger partial charge in [0, 0.05) is 7.05 Å². The van der Waals surface area contributed by atoms with Crippen molar-refractivity contribution in [1.29, 1.82) is 0 Å². The number of hydrogen-bond acceptors (Lipinski definition) is 6. The van der Waals surface area contributed by atoms with Crippen molar-refractivity contribution in [2.75, 3.05) is 25.5 Å². The molecule has 32 heavy (non-hydrogen) atoms. The van der Waals surface area contributed by atoms with Crippen LogP contribution in [0.3, 0.4) is 0 Å². The summed E-state index contributed by atoms with van der Waals surface area (Å²) in [6.45, 7) is 2.39. The number of nitrogens with zero attached hydrogens (tertiary/aromatic N) is 6. The van der Waals surface area contributed by atoms with Crippen molar-refractivity contribution in [3.63, 3.8) is 0 Å². The van der Waals surface area contributed by atoms with Crippen LogP contribution in [0.5, 0.6) is 5.88 Å². The van der Waals surface area contributed by atoms with Crippen LogP contribution in [0.1, 0.15) is 11.4 Å². The maximum atomic E-state index is 12.7. The van der Waals surface area contributed by atoms with Crippen molar-refractivity contribution in [2.24, 2.45) is 0 Å². The summed E-state index contributed by atoms with van der Waals surface area (Å²) in [7, 11) is 3.48. The Labute approximate surface area is 190 Å². The number of carbonyl (C=O) groups is 1. The van der Waals surface area contributed by atoms with Gasteiger partial charge in [-0.1, -0.05) is 35.9 Å².